The van der Waals surface area contributed by atoms with Crippen molar-refractivity contribution in [3.63, 3.8) is 0 Å². The highest BCUT2D eigenvalue weighted by molar-refractivity contribution is 7.89. The van der Waals surface area contributed by atoms with E-state index in [1.54, 1.807) is 41.4 Å². The van der Waals surface area contributed by atoms with E-state index in [1.165, 1.54) is 6.07 Å². The van der Waals surface area contributed by atoms with Crippen LogP contribution in [-0.4, -0.2) is 36.8 Å². The number of carbonyl (C=O) groups is 1. The number of aromatic nitrogens is 1. The minimum Gasteiger partial charge on any atom is -0.324 e. The fourth-order valence-electron chi connectivity index (χ4n) is 3.20. The van der Waals surface area contributed by atoms with Crippen molar-refractivity contribution in [1.29, 1.82) is 0 Å². The Kier molecular flexibility index (Phi) is 5.46. The standard InChI is InChI=1S/C21H19ClN4O3S/c1-15-8-10-16(11-9-15)26-14-25(30(28,29)19-7-4-12-23-21(19)26)13-20(27)24-18-6-3-2-5-17(18)22/h2-12H,13-14H2,1H3,(H,24,27). The molecule has 1 aliphatic heterocycles. The molecule has 0 saturated heterocycles. The molecule has 0 atom stereocenters. The lowest BCUT2D eigenvalue weighted by molar-refractivity contribution is -0.116. The number of amides is 1. The lowest BCUT2D eigenvalue weighted by Crippen LogP contribution is -2.47. The molecule has 0 saturated carbocycles. The molecule has 0 aliphatic carbocycles. The molecule has 2 heterocycles. The van der Waals surface area contributed by atoms with Crippen LogP contribution in [0, 0.1) is 6.92 Å². The third-order valence-electron chi connectivity index (χ3n) is 4.74. The molecular formula is C21H19ClN4O3S. The lowest BCUT2D eigenvalue weighted by Gasteiger charge is -2.36. The molecule has 1 amide bonds. The summed E-state index contributed by atoms with van der Waals surface area (Å²) in [6, 6.07) is 17.5. The Morgan fingerprint density at radius 3 is 2.57 bits per heavy atom. The molecule has 4 rings (SSSR count). The van der Waals surface area contributed by atoms with Crippen molar-refractivity contribution in [3.05, 3.63) is 77.4 Å². The zero-order valence-electron chi connectivity index (χ0n) is 16.1. The van der Waals surface area contributed by atoms with Crippen molar-refractivity contribution in [2.75, 3.05) is 23.4 Å². The maximum Gasteiger partial charge on any atom is 0.248 e. The first-order valence-corrected chi connectivity index (χ1v) is 11.0. The zero-order chi connectivity index (χ0) is 21.3. The van der Waals surface area contributed by atoms with Crippen LogP contribution in [0.5, 0.6) is 0 Å². The van der Waals surface area contributed by atoms with Crippen molar-refractivity contribution < 1.29 is 13.2 Å². The van der Waals surface area contributed by atoms with Crippen molar-refractivity contribution in [1.82, 2.24) is 9.29 Å². The van der Waals surface area contributed by atoms with Gasteiger partial charge in [-0.05, 0) is 43.3 Å². The summed E-state index contributed by atoms with van der Waals surface area (Å²) in [6.45, 7) is 1.58. The topological polar surface area (TPSA) is 82.6 Å². The predicted molar refractivity (Wildman–Crippen MR) is 116 cm³/mol. The van der Waals surface area contributed by atoms with E-state index in [9.17, 15) is 13.2 Å². The van der Waals surface area contributed by atoms with E-state index in [4.69, 9.17) is 11.6 Å². The van der Waals surface area contributed by atoms with Crippen LogP contribution in [-0.2, 0) is 14.8 Å². The second kappa shape index (κ2) is 8.06. The Morgan fingerprint density at radius 2 is 1.83 bits per heavy atom. The Balaban J connectivity index is 1.66. The van der Waals surface area contributed by atoms with Gasteiger partial charge in [0.25, 0.3) is 0 Å². The number of para-hydroxylation sites is 1. The van der Waals surface area contributed by atoms with E-state index in [2.05, 4.69) is 10.3 Å². The number of fused-ring (bicyclic) bond motifs is 1. The minimum absolute atomic E-state index is 0.0364. The fourth-order valence-corrected chi connectivity index (χ4v) is 4.86. The molecular weight excluding hydrogens is 424 g/mol. The summed E-state index contributed by atoms with van der Waals surface area (Å²) in [5.41, 5.74) is 2.29. The van der Waals surface area contributed by atoms with Gasteiger partial charge in [0.05, 0.1) is 23.9 Å². The molecule has 1 aliphatic rings. The van der Waals surface area contributed by atoms with Gasteiger partial charge in [-0.15, -0.1) is 0 Å². The second-order valence-electron chi connectivity index (χ2n) is 6.87. The number of nitrogens with zero attached hydrogens (tertiary/aromatic N) is 3. The van der Waals surface area contributed by atoms with E-state index in [1.807, 2.05) is 31.2 Å². The van der Waals surface area contributed by atoms with E-state index < -0.39 is 15.9 Å². The average molecular weight is 443 g/mol. The monoisotopic (exact) mass is 442 g/mol. The highest BCUT2D eigenvalue weighted by atomic mass is 35.5. The second-order valence-corrected chi connectivity index (χ2v) is 9.19. The van der Waals surface area contributed by atoms with E-state index >= 15 is 0 Å². The van der Waals surface area contributed by atoms with Gasteiger partial charge in [-0.3, -0.25) is 4.79 Å². The summed E-state index contributed by atoms with van der Waals surface area (Å²) < 4.78 is 27.4. The summed E-state index contributed by atoms with van der Waals surface area (Å²) in [6.07, 6.45) is 1.55. The molecule has 3 aromatic rings. The Hall–Kier alpha value is -2.94. The summed E-state index contributed by atoms with van der Waals surface area (Å²) in [4.78, 5) is 18.7. The number of benzene rings is 2. The van der Waals surface area contributed by atoms with Crippen LogP contribution in [0.25, 0.3) is 0 Å². The van der Waals surface area contributed by atoms with Crippen LogP contribution in [0.15, 0.2) is 71.8 Å². The molecule has 0 bridgehead atoms. The summed E-state index contributed by atoms with van der Waals surface area (Å²) in [7, 11) is -3.89. The zero-order valence-corrected chi connectivity index (χ0v) is 17.7. The van der Waals surface area contributed by atoms with Crippen LogP contribution >= 0.6 is 11.6 Å². The quantitative estimate of drug-likeness (QED) is 0.664. The number of halogens is 1. The third-order valence-corrected chi connectivity index (χ3v) is 6.87. The maximum absolute atomic E-state index is 13.1. The van der Waals surface area contributed by atoms with Crippen LogP contribution in [0.2, 0.25) is 5.02 Å². The summed E-state index contributed by atoms with van der Waals surface area (Å²) in [5.74, 6) is -0.146. The lowest BCUT2D eigenvalue weighted by atomic mass is 10.2. The van der Waals surface area contributed by atoms with E-state index in [0.29, 0.717) is 16.5 Å². The first-order valence-electron chi connectivity index (χ1n) is 9.20. The van der Waals surface area contributed by atoms with Gasteiger partial charge in [-0.25, -0.2) is 13.4 Å². The predicted octanol–water partition coefficient (Wildman–Crippen LogP) is 3.78. The molecule has 154 valence electrons. The molecule has 0 fully saturated rings. The highest BCUT2D eigenvalue weighted by Crippen LogP contribution is 2.36. The van der Waals surface area contributed by atoms with Gasteiger partial charge in [0.2, 0.25) is 15.9 Å². The van der Waals surface area contributed by atoms with Gasteiger partial charge in [0.1, 0.15) is 4.90 Å². The number of pyridine rings is 1. The van der Waals surface area contributed by atoms with E-state index in [-0.39, 0.29) is 18.1 Å². The van der Waals surface area contributed by atoms with Gasteiger partial charge < -0.3 is 10.2 Å². The number of nitrogens with one attached hydrogen (secondary N) is 1. The molecule has 0 unspecified atom stereocenters. The Morgan fingerprint density at radius 1 is 1.10 bits per heavy atom. The van der Waals surface area contributed by atoms with Crippen molar-refractivity contribution in [2.45, 2.75) is 11.8 Å². The highest BCUT2D eigenvalue weighted by Gasteiger charge is 2.38. The number of anilines is 3. The van der Waals surface area contributed by atoms with Gasteiger partial charge in [-0.2, -0.15) is 4.31 Å². The van der Waals surface area contributed by atoms with Gasteiger partial charge in [-0.1, -0.05) is 41.4 Å². The summed E-state index contributed by atoms with van der Waals surface area (Å²) in [5, 5.41) is 3.05. The largest absolute Gasteiger partial charge is 0.324 e. The maximum atomic E-state index is 13.1. The number of rotatable bonds is 4. The number of hydrogen-bond donors (Lipinski definition) is 1. The van der Waals surface area contributed by atoms with Crippen LogP contribution in [0.3, 0.4) is 0 Å². The third kappa shape index (κ3) is 3.89. The molecule has 30 heavy (non-hydrogen) atoms. The smallest absolute Gasteiger partial charge is 0.248 e. The van der Waals surface area contributed by atoms with Crippen LogP contribution in [0.1, 0.15) is 5.56 Å². The normalized spacial score (nSPS) is 15.5. The molecule has 2 aromatic carbocycles. The molecule has 1 aromatic heterocycles. The summed E-state index contributed by atoms with van der Waals surface area (Å²) >= 11 is 6.09. The van der Waals surface area contributed by atoms with Gasteiger partial charge in [0, 0.05) is 11.9 Å². The van der Waals surface area contributed by atoms with Crippen LogP contribution in [0.4, 0.5) is 17.2 Å². The molecule has 1 N–H and O–H groups in total. The molecule has 0 spiro atoms. The van der Waals surface area contributed by atoms with Crippen LogP contribution < -0.4 is 10.2 Å². The number of carbonyl (C=O) groups excluding carboxylic acids is 1. The Labute approximate surface area is 180 Å². The first kappa shape index (κ1) is 20.3. The van der Waals surface area contributed by atoms with E-state index in [0.717, 1.165) is 15.6 Å². The van der Waals surface area contributed by atoms with Gasteiger partial charge in [0.15, 0.2) is 5.82 Å². The molecule has 7 nitrogen and oxygen atoms in total. The van der Waals surface area contributed by atoms with Crippen molar-refractivity contribution in [2.24, 2.45) is 0 Å². The molecule has 0 radical (unpaired) electrons. The van der Waals surface area contributed by atoms with Gasteiger partial charge >= 0.3 is 0 Å². The number of aryl methyl sites for hydroxylation is 1. The number of sulfonamides is 1. The minimum atomic E-state index is -3.89. The SMILES string of the molecule is Cc1ccc(N2CN(CC(=O)Nc3ccccc3Cl)S(=O)(=O)c3cccnc32)cc1. The fraction of sp³-hybridized carbons (Fsp3) is 0.143. The molecule has 9 heteroatoms. The van der Waals surface area contributed by atoms with Crippen molar-refractivity contribution in [3.8, 4) is 0 Å². The average Bonchev–Trinajstić information content (AvgIpc) is 2.73. The first-order chi connectivity index (χ1) is 14.4. The van der Waals surface area contributed by atoms with Crippen molar-refractivity contribution >= 4 is 44.7 Å². The number of hydrogen-bond acceptors (Lipinski definition) is 5. The Bertz CT molecular complexity index is 1200.